The number of carbonyl (C=O) groups is 1. The van der Waals surface area contributed by atoms with E-state index in [4.69, 9.17) is 16.0 Å². The second kappa shape index (κ2) is 9.26. The summed E-state index contributed by atoms with van der Waals surface area (Å²) >= 11 is 9.00. The number of thiophene rings is 1. The highest BCUT2D eigenvalue weighted by molar-refractivity contribution is 7.99. The normalized spacial score (nSPS) is 10.8. The molecule has 1 amide bonds. The molecule has 0 saturated carbocycles. The van der Waals surface area contributed by atoms with E-state index in [0.29, 0.717) is 23.9 Å². The molecule has 1 N–H and O–H groups in total. The molecular formula is C19H19ClN2O2S2. The van der Waals surface area contributed by atoms with Crippen molar-refractivity contribution < 1.29 is 9.21 Å². The first kappa shape index (κ1) is 19.0. The Morgan fingerprint density at radius 3 is 2.85 bits per heavy atom. The van der Waals surface area contributed by atoms with E-state index < -0.39 is 0 Å². The lowest BCUT2D eigenvalue weighted by molar-refractivity contribution is -0.118. The highest BCUT2D eigenvalue weighted by Crippen LogP contribution is 2.27. The average molecular weight is 407 g/mol. The van der Waals surface area contributed by atoms with Crippen molar-refractivity contribution in [1.82, 2.24) is 10.3 Å². The topological polar surface area (TPSA) is 55.1 Å². The van der Waals surface area contributed by atoms with E-state index in [9.17, 15) is 4.79 Å². The van der Waals surface area contributed by atoms with Gasteiger partial charge >= 0.3 is 0 Å². The Labute approximate surface area is 166 Å². The monoisotopic (exact) mass is 406 g/mol. The number of amides is 1. The van der Waals surface area contributed by atoms with Gasteiger partial charge in [0.25, 0.3) is 0 Å². The van der Waals surface area contributed by atoms with E-state index >= 15 is 0 Å². The lowest BCUT2D eigenvalue weighted by Crippen LogP contribution is -2.27. The Morgan fingerprint density at radius 2 is 2.12 bits per heavy atom. The summed E-state index contributed by atoms with van der Waals surface area (Å²) in [5.41, 5.74) is 2.05. The van der Waals surface area contributed by atoms with Crippen LogP contribution in [0.4, 0.5) is 0 Å². The first-order valence-corrected chi connectivity index (χ1v) is 10.6. The van der Waals surface area contributed by atoms with Gasteiger partial charge in [-0.1, -0.05) is 29.8 Å². The summed E-state index contributed by atoms with van der Waals surface area (Å²) < 4.78 is 5.71. The summed E-state index contributed by atoms with van der Waals surface area (Å²) in [4.78, 5) is 17.5. The van der Waals surface area contributed by atoms with E-state index in [1.54, 1.807) is 11.3 Å². The zero-order valence-corrected chi connectivity index (χ0v) is 16.7. The van der Waals surface area contributed by atoms with Crippen LogP contribution < -0.4 is 5.32 Å². The number of benzene rings is 1. The second-order valence-electron chi connectivity index (χ2n) is 5.72. The Balaban J connectivity index is 1.39. The number of halogens is 1. The lowest BCUT2D eigenvalue weighted by Gasteiger charge is -2.05. The van der Waals surface area contributed by atoms with Crippen molar-refractivity contribution in [2.45, 2.75) is 19.1 Å². The highest BCUT2D eigenvalue weighted by atomic mass is 35.5. The Kier molecular flexibility index (Phi) is 6.77. The van der Waals surface area contributed by atoms with Crippen molar-refractivity contribution in [3.05, 3.63) is 63.8 Å². The van der Waals surface area contributed by atoms with Gasteiger partial charge in [-0.25, -0.2) is 4.98 Å². The van der Waals surface area contributed by atoms with Crippen molar-refractivity contribution in [1.29, 1.82) is 0 Å². The SMILES string of the molecule is Cc1oc(-c2cccs2)nc1CSCC(=O)NCCc1ccc(Cl)cc1. The minimum absolute atomic E-state index is 0.0311. The Hall–Kier alpha value is -1.76. The molecular weight excluding hydrogens is 388 g/mol. The standard InChI is InChI=1S/C19H19ClN2O2S2/c1-13-16(22-19(24-13)17-3-2-10-26-17)11-25-12-18(23)21-9-8-14-4-6-15(20)7-5-14/h2-7,10H,8-9,11-12H2,1H3,(H,21,23). The van der Waals surface area contributed by atoms with Crippen LogP contribution in [0, 0.1) is 6.92 Å². The van der Waals surface area contributed by atoms with Crippen molar-refractivity contribution in [2.75, 3.05) is 12.3 Å². The van der Waals surface area contributed by atoms with E-state index in [0.717, 1.165) is 33.3 Å². The van der Waals surface area contributed by atoms with Crippen LogP contribution in [0.25, 0.3) is 10.8 Å². The molecule has 7 heteroatoms. The number of aromatic nitrogens is 1. The molecule has 26 heavy (non-hydrogen) atoms. The number of oxazole rings is 1. The number of hydrogen-bond acceptors (Lipinski definition) is 5. The smallest absolute Gasteiger partial charge is 0.236 e. The van der Waals surface area contributed by atoms with Crippen LogP contribution in [0.2, 0.25) is 5.02 Å². The van der Waals surface area contributed by atoms with Crippen LogP contribution >= 0.6 is 34.7 Å². The van der Waals surface area contributed by atoms with E-state index in [1.807, 2.05) is 48.7 Å². The van der Waals surface area contributed by atoms with Crippen molar-refractivity contribution in [3.63, 3.8) is 0 Å². The zero-order chi connectivity index (χ0) is 18.4. The predicted octanol–water partition coefficient (Wildman–Crippen LogP) is 4.96. The van der Waals surface area contributed by atoms with Gasteiger partial charge in [0.05, 0.1) is 16.3 Å². The number of hydrogen-bond donors (Lipinski definition) is 1. The molecule has 1 aromatic carbocycles. The van der Waals surface area contributed by atoms with Crippen molar-refractivity contribution >= 4 is 40.6 Å². The van der Waals surface area contributed by atoms with Gasteiger partial charge in [-0.15, -0.1) is 23.1 Å². The first-order valence-electron chi connectivity index (χ1n) is 8.21. The largest absolute Gasteiger partial charge is 0.440 e. The average Bonchev–Trinajstić information content (AvgIpc) is 3.27. The van der Waals surface area contributed by atoms with Crippen LogP contribution in [0.1, 0.15) is 17.0 Å². The van der Waals surface area contributed by atoms with Gasteiger partial charge in [0.1, 0.15) is 5.76 Å². The molecule has 0 fully saturated rings. The molecule has 2 heterocycles. The molecule has 3 aromatic rings. The van der Waals surface area contributed by atoms with Gasteiger partial charge in [0.15, 0.2) is 0 Å². The molecule has 3 rings (SSSR count). The molecule has 2 aromatic heterocycles. The maximum absolute atomic E-state index is 12.0. The van der Waals surface area contributed by atoms with Gasteiger partial charge in [-0.05, 0) is 42.5 Å². The fourth-order valence-electron chi connectivity index (χ4n) is 2.36. The maximum atomic E-state index is 12.0. The minimum Gasteiger partial charge on any atom is -0.440 e. The number of nitrogens with one attached hydrogen (secondary N) is 1. The quantitative estimate of drug-likeness (QED) is 0.574. The fourth-order valence-corrected chi connectivity index (χ4v) is 3.98. The number of thioether (sulfide) groups is 1. The number of aryl methyl sites for hydroxylation is 1. The van der Waals surface area contributed by atoms with Crippen LogP contribution in [0.3, 0.4) is 0 Å². The summed E-state index contributed by atoms with van der Waals surface area (Å²) in [6, 6.07) is 11.6. The van der Waals surface area contributed by atoms with E-state index in [1.165, 1.54) is 11.8 Å². The van der Waals surface area contributed by atoms with E-state index in [2.05, 4.69) is 10.3 Å². The van der Waals surface area contributed by atoms with E-state index in [-0.39, 0.29) is 5.91 Å². The molecule has 0 spiro atoms. The Morgan fingerprint density at radius 1 is 1.31 bits per heavy atom. The van der Waals surface area contributed by atoms with Gasteiger partial charge in [0, 0.05) is 17.3 Å². The molecule has 4 nitrogen and oxygen atoms in total. The zero-order valence-electron chi connectivity index (χ0n) is 14.3. The third-order valence-electron chi connectivity index (χ3n) is 3.75. The minimum atomic E-state index is 0.0311. The van der Waals surface area contributed by atoms with Crippen LogP contribution in [-0.4, -0.2) is 23.2 Å². The number of carbonyl (C=O) groups excluding carboxylic acids is 1. The highest BCUT2D eigenvalue weighted by Gasteiger charge is 2.12. The second-order valence-corrected chi connectivity index (χ2v) is 8.09. The van der Waals surface area contributed by atoms with Crippen LogP contribution in [0.15, 0.2) is 46.2 Å². The van der Waals surface area contributed by atoms with Gasteiger partial charge < -0.3 is 9.73 Å². The van der Waals surface area contributed by atoms with Gasteiger partial charge in [-0.2, -0.15) is 0 Å². The molecule has 0 atom stereocenters. The molecule has 0 aliphatic rings. The lowest BCUT2D eigenvalue weighted by atomic mass is 10.1. The van der Waals surface area contributed by atoms with Crippen molar-refractivity contribution in [2.24, 2.45) is 0 Å². The summed E-state index contributed by atoms with van der Waals surface area (Å²) in [6.07, 6.45) is 0.792. The number of nitrogens with zero attached hydrogens (tertiary/aromatic N) is 1. The number of rotatable bonds is 8. The fraction of sp³-hybridized carbons (Fsp3) is 0.263. The molecule has 0 unspecified atom stereocenters. The molecule has 136 valence electrons. The summed E-state index contributed by atoms with van der Waals surface area (Å²) in [6.45, 7) is 2.53. The summed E-state index contributed by atoms with van der Waals surface area (Å²) in [5, 5.41) is 5.66. The first-order chi connectivity index (χ1) is 12.6. The molecule has 0 aliphatic carbocycles. The van der Waals surface area contributed by atoms with Crippen LogP contribution in [-0.2, 0) is 17.0 Å². The van der Waals surface area contributed by atoms with Crippen LogP contribution in [0.5, 0.6) is 0 Å². The predicted molar refractivity (Wildman–Crippen MR) is 109 cm³/mol. The molecule has 0 saturated heterocycles. The maximum Gasteiger partial charge on any atom is 0.236 e. The molecule has 0 aliphatic heterocycles. The third kappa shape index (κ3) is 5.37. The van der Waals surface area contributed by atoms with Gasteiger partial charge in [-0.3, -0.25) is 4.79 Å². The molecule has 0 radical (unpaired) electrons. The summed E-state index contributed by atoms with van der Waals surface area (Å²) in [5.74, 6) is 2.56. The van der Waals surface area contributed by atoms with Gasteiger partial charge in [0.2, 0.25) is 11.8 Å². The summed E-state index contributed by atoms with van der Waals surface area (Å²) in [7, 11) is 0. The molecule has 0 bridgehead atoms. The Bertz CT molecular complexity index is 845. The van der Waals surface area contributed by atoms with Crippen molar-refractivity contribution in [3.8, 4) is 10.8 Å². The third-order valence-corrected chi connectivity index (χ3v) is 5.80.